The van der Waals surface area contributed by atoms with E-state index in [0.717, 1.165) is 16.6 Å². The lowest BCUT2D eigenvalue weighted by molar-refractivity contribution is 0.0945. The summed E-state index contributed by atoms with van der Waals surface area (Å²) in [6.07, 6.45) is 0. The van der Waals surface area contributed by atoms with E-state index in [2.05, 4.69) is 15.5 Å². The maximum absolute atomic E-state index is 12.0. The van der Waals surface area contributed by atoms with Crippen LogP contribution in [0.2, 0.25) is 0 Å². The second kappa shape index (κ2) is 3.96. The third-order valence-electron chi connectivity index (χ3n) is 2.43. The number of nitrogens with one attached hydrogen (secondary N) is 2. The molecule has 1 amide bonds. The van der Waals surface area contributed by atoms with Crippen molar-refractivity contribution in [2.45, 2.75) is 26.8 Å². The normalized spacial score (nSPS) is 11.0. The Morgan fingerprint density at radius 3 is 2.88 bits per heavy atom. The molecular formula is C12H15N3O. The molecule has 1 aromatic heterocycles. The van der Waals surface area contributed by atoms with Crippen LogP contribution in [0, 0.1) is 6.92 Å². The number of aryl methyl sites for hydroxylation is 1. The van der Waals surface area contributed by atoms with E-state index in [1.54, 1.807) is 0 Å². The van der Waals surface area contributed by atoms with E-state index >= 15 is 0 Å². The number of amides is 1. The Hall–Kier alpha value is -1.84. The van der Waals surface area contributed by atoms with Crippen molar-refractivity contribution >= 4 is 16.8 Å². The Bertz CT molecular complexity index is 528. The van der Waals surface area contributed by atoms with E-state index in [1.807, 2.05) is 39.0 Å². The number of hydrogen-bond acceptors (Lipinski definition) is 2. The number of rotatable bonds is 2. The van der Waals surface area contributed by atoms with Crippen LogP contribution in [0.4, 0.5) is 0 Å². The van der Waals surface area contributed by atoms with E-state index in [1.165, 1.54) is 0 Å². The third kappa shape index (κ3) is 1.78. The van der Waals surface area contributed by atoms with Crippen molar-refractivity contribution < 1.29 is 4.79 Å². The van der Waals surface area contributed by atoms with Gasteiger partial charge >= 0.3 is 0 Å². The Morgan fingerprint density at radius 2 is 2.19 bits per heavy atom. The van der Waals surface area contributed by atoms with Gasteiger partial charge in [0.05, 0.1) is 11.1 Å². The fourth-order valence-electron chi connectivity index (χ4n) is 1.76. The van der Waals surface area contributed by atoms with Gasteiger partial charge in [-0.2, -0.15) is 5.10 Å². The molecule has 4 heteroatoms. The van der Waals surface area contributed by atoms with E-state index in [4.69, 9.17) is 0 Å². The van der Waals surface area contributed by atoms with Gasteiger partial charge in [-0.05, 0) is 32.9 Å². The molecule has 4 nitrogen and oxygen atoms in total. The van der Waals surface area contributed by atoms with Crippen LogP contribution < -0.4 is 5.32 Å². The predicted molar refractivity (Wildman–Crippen MR) is 63.4 cm³/mol. The summed E-state index contributed by atoms with van der Waals surface area (Å²) in [4.78, 5) is 12.0. The summed E-state index contributed by atoms with van der Waals surface area (Å²) in [7, 11) is 0. The zero-order valence-corrected chi connectivity index (χ0v) is 9.66. The summed E-state index contributed by atoms with van der Waals surface area (Å²) in [5, 5.41) is 10.8. The molecule has 1 heterocycles. The van der Waals surface area contributed by atoms with Crippen LogP contribution >= 0.6 is 0 Å². The maximum Gasteiger partial charge on any atom is 0.252 e. The first-order chi connectivity index (χ1) is 7.59. The van der Waals surface area contributed by atoms with Gasteiger partial charge in [0.15, 0.2) is 0 Å². The summed E-state index contributed by atoms with van der Waals surface area (Å²) in [5.74, 6) is -0.0508. The van der Waals surface area contributed by atoms with Crippen LogP contribution in [0.1, 0.15) is 29.9 Å². The zero-order chi connectivity index (χ0) is 11.7. The number of carbonyl (C=O) groups is 1. The Balaban J connectivity index is 2.51. The topological polar surface area (TPSA) is 57.8 Å². The van der Waals surface area contributed by atoms with Crippen molar-refractivity contribution in [3.63, 3.8) is 0 Å². The number of H-pyrrole nitrogens is 1. The highest BCUT2D eigenvalue weighted by molar-refractivity contribution is 6.07. The lowest BCUT2D eigenvalue weighted by Crippen LogP contribution is -2.30. The molecule has 0 radical (unpaired) electrons. The number of aromatic nitrogens is 2. The number of benzene rings is 1. The van der Waals surface area contributed by atoms with Crippen LogP contribution in [-0.2, 0) is 0 Å². The van der Waals surface area contributed by atoms with Gasteiger partial charge in [-0.1, -0.05) is 6.07 Å². The molecule has 0 aliphatic rings. The summed E-state index contributed by atoms with van der Waals surface area (Å²) < 4.78 is 0. The average molecular weight is 217 g/mol. The van der Waals surface area contributed by atoms with Crippen molar-refractivity contribution in [1.82, 2.24) is 15.5 Å². The highest BCUT2D eigenvalue weighted by Gasteiger charge is 2.13. The number of carbonyl (C=O) groups excluding carboxylic acids is 1. The average Bonchev–Trinajstić information content (AvgIpc) is 2.59. The van der Waals surface area contributed by atoms with Crippen LogP contribution in [0.15, 0.2) is 18.2 Å². The number of nitrogens with zero attached hydrogens (tertiary/aromatic N) is 1. The lowest BCUT2D eigenvalue weighted by atomic mass is 10.1. The molecule has 2 N–H and O–H groups in total. The van der Waals surface area contributed by atoms with Gasteiger partial charge in [0, 0.05) is 17.1 Å². The second-order valence-corrected chi connectivity index (χ2v) is 4.18. The smallest absolute Gasteiger partial charge is 0.252 e. The molecule has 0 bridgehead atoms. The fraction of sp³-hybridized carbons (Fsp3) is 0.333. The van der Waals surface area contributed by atoms with Crippen molar-refractivity contribution in [2.75, 3.05) is 0 Å². The molecule has 0 unspecified atom stereocenters. The van der Waals surface area contributed by atoms with Crippen molar-refractivity contribution in [2.24, 2.45) is 0 Å². The molecule has 16 heavy (non-hydrogen) atoms. The number of fused-ring (bicyclic) bond motifs is 1. The van der Waals surface area contributed by atoms with Crippen LogP contribution in [0.25, 0.3) is 10.9 Å². The molecule has 0 atom stereocenters. The Morgan fingerprint density at radius 1 is 1.44 bits per heavy atom. The van der Waals surface area contributed by atoms with E-state index in [0.29, 0.717) is 5.56 Å². The Labute approximate surface area is 94.0 Å². The van der Waals surface area contributed by atoms with Gasteiger partial charge in [0.2, 0.25) is 0 Å². The van der Waals surface area contributed by atoms with Crippen LogP contribution in [0.5, 0.6) is 0 Å². The minimum Gasteiger partial charge on any atom is -0.350 e. The number of hydrogen-bond donors (Lipinski definition) is 2. The SMILES string of the molecule is Cc1[nH]nc2cccc(C(=O)NC(C)C)c12. The maximum atomic E-state index is 12.0. The Kier molecular flexibility index (Phi) is 2.64. The lowest BCUT2D eigenvalue weighted by Gasteiger charge is -2.09. The monoisotopic (exact) mass is 217 g/mol. The van der Waals surface area contributed by atoms with Gasteiger partial charge < -0.3 is 5.32 Å². The van der Waals surface area contributed by atoms with Gasteiger partial charge in [-0.3, -0.25) is 9.89 Å². The summed E-state index contributed by atoms with van der Waals surface area (Å²) >= 11 is 0. The van der Waals surface area contributed by atoms with E-state index in [9.17, 15) is 4.79 Å². The molecule has 2 rings (SSSR count). The standard InChI is InChI=1S/C12H15N3O/c1-7(2)13-12(16)9-5-4-6-10-11(9)8(3)14-15-10/h4-7H,1-3H3,(H,13,16)(H,14,15). The molecule has 0 saturated carbocycles. The predicted octanol–water partition coefficient (Wildman–Crippen LogP) is 2.01. The van der Waals surface area contributed by atoms with Gasteiger partial charge in [-0.15, -0.1) is 0 Å². The van der Waals surface area contributed by atoms with Crippen molar-refractivity contribution in [3.8, 4) is 0 Å². The van der Waals surface area contributed by atoms with Crippen LogP contribution in [-0.4, -0.2) is 22.1 Å². The molecular weight excluding hydrogens is 202 g/mol. The molecule has 84 valence electrons. The first-order valence-electron chi connectivity index (χ1n) is 5.34. The molecule has 0 aliphatic heterocycles. The fourth-order valence-corrected chi connectivity index (χ4v) is 1.76. The first kappa shape index (κ1) is 10.7. The van der Waals surface area contributed by atoms with Crippen LogP contribution in [0.3, 0.4) is 0 Å². The molecule has 0 saturated heterocycles. The van der Waals surface area contributed by atoms with Gasteiger partial charge in [0.25, 0.3) is 5.91 Å². The summed E-state index contributed by atoms with van der Waals surface area (Å²) in [5.41, 5.74) is 2.43. The molecule has 0 fully saturated rings. The van der Waals surface area contributed by atoms with Crippen molar-refractivity contribution in [1.29, 1.82) is 0 Å². The third-order valence-corrected chi connectivity index (χ3v) is 2.43. The second-order valence-electron chi connectivity index (χ2n) is 4.18. The van der Waals surface area contributed by atoms with Crippen molar-refractivity contribution in [3.05, 3.63) is 29.5 Å². The quantitative estimate of drug-likeness (QED) is 0.808. The highest BCUT2D eigenvalue weighted by atomic mass is 16.1. The minimum absolute atomic E-state index is 0.0508. The largest absolute Gasteiger partial charge is 0.350 e. The van der Waals surface area contributed by atoms with Gasteiger partial charge in [0.1, 0.15) is 0 Å². The summed E-state index contributed by atoms with van der Waals surface area (Å²) in [6.45, 7) is 5.81. The van der Waals surface area contributed by atoms with E-state index in [-0.39, 0.29) is 11.9 Å². The molecule has 1 aromatic carbocycles. The molecule has 0 aliphatic carbocycles. The molecule has 2 aromatic rings. The first-order valence-corrected chi connectivity index (χ1v) is 5.34. The molecule has 0 spiro atoms. The van der Waals surface area contributed by atoms with E-state index < -0.39 is 0 Å². The van der Waals surface area contributed by atoms with Gasteiger partial charge in [-0.25, -0.2) is 0 Å². The highest BCUT2D eigenvalue weighted by Crippen LogP contribution is 2.19. The minimum atomic E-state index is -0.0508. The number of aromatic amines is 1. The zero-order valence-electron chi connectivity index (χ0n) is 9.66. The summed E-state index contributed by atoms with van der Waals surface area (Å²) in [6, 6.07) is 5.70.